The Kier molecular flexibility index (Phi) is 34.8. The van der Waals surface area contributed by atoms with Crippen molar-refractivity contribution in [2.45, 2.75) is 161 Å². The van der Waals surface area contributed by atoms with Crippen LogP contribution in [0.4, 0.5) is 0 Å². The van der Waals surface area contributed by atoms with Gasteiger partial charge in [0, 0.05) is 12.8 Å². The molecule has 0 saturated carbocycles. The number of quaternary nitrogens is 1. The predicted octanol–water partition coefficient (Wildman–Crippen LogP) is 11.1. The van der Waals surface area contributed by atoms with E-state index in [1.54, 1.807) is 0 Å². The van der Waals surface area contributed by atoms with Gasteiger partial charge in [0.2, 0.25) is 0 Å². The Bertz CT molecular complexity index is 1110. The minimum absolute atomic E-state index is 0.0342. The van der Waals surface area contributed by atoms with Gasteiger partial charge in [-0.05, 0) is 57.8 Å². The number of hydrogen-bond donors (Lipinski definition) is 0. The van der Waals surface area contributed by atoms with Gasteiger partial charge in [0.15, 0.2) is 6.10 Å². The van der Waals surface area contributed by atoms with Crippen molar-refractivity contribution in [3.8, 4) is 0 Å². The van der Waals surface area contributed by atoms with E-state index in [9.17, 15) is 19.0 Å². The lowest BCUT2D eigenvalue weighted by molar-refractivity contribution is -0.870. The first-order chi connectivity index (χ1) is 26.0. The fraction of sp³-hybridized carbons (Fsp3) is 0.727. The number of rotatable bonds is 37. The van der Waals surface area contributed by atoms with Crippen LogP contribution in [0.25, 0.3) is 0 Å². The molecule has 0 aromatic heterocycles. The molecule has 312 valence electrons. The Morgan fingerprint density at radius 1 is 0.593 bits per heavy atom. The van der Waals surface area contributed by atoms with Gasteiger partial charge >= 0.3 is 11.9 Å². The largest absolute Gasteiger partial charge is 0.756 e. The van der Waals surface area contributed by atoms with Crippen LogP contribution < -0.4 is 4.89 Å². The van der Waals surface area contributed by atoms with Crippen LogP contribution in [0.3, 0.4) is 0 Å². The van der Waals surface area contributed by atoms with Gasteiger partial charge in [-0.3, -0.25) is 14.2 Å². The van der Waals surface area contributed by atoms with Crippen molar-refractivity contribution in [2.24, 2.45) is 0 Å². The molecule has 54 heavy (non-hydrogen) atoms. The highest BCUT2D eigenvalue weighted by Gasteiger charge is 2.21. The highest BCUT2D eigenvalue weighted by molar-refractivity contribution is 7.45. The number of phosphoric acid groups is 1. The Morgan fingerprint density at radius 2 is 1.06 bits per heavy atom. The lowest BCUT2D eigenvalue weighted by Gasteiger charge is -2.28. The molecular formula is C44H78NO8P. The Morgan fingerprint density at radius 3 is 1.57 bits per heavy atom. The maximum absolute atomic E-state index is 12.6. The summed E-state index contributed by atoms with van der Waals surface area (Å²) < 4.78 is 33.6. The third-order valence-corrected chi connectivity index (χ3v) is 9.52. The Labute approximate surface area is 330 Å². The highest BCUT2D eigenvalue weighted by Crippen LogP contribution is 2.38. The van der Waals surface area contributed by atoms with Gasteiger partial charge in [0.05, 0.1) is 27.7 Å². The van der Waals surface area contributed by atoms with Crippen LogP contribution in [0.1, 0.15) is 155 Å². The molecule has 0 heterocycles. The van der Waals surface area contributed by atoms with Gasteiger partial charge < -0.3 is 27.9 Å². The Hall–Kier alpha value is -2.29. The molecule has 0 aromatic carbocycles. The molecule has 0 fully saturated rings. The lowest BCUT2D eigenvalue weighted by atomic mass is 10.1. The van der Waals surface area contributed by atoms with Crippen LogP contribution in [-0.4, -0.2) is 70.0 Å². The van der Waals surface area contributed by atoms with Crippen LogP contribution >= 0.6 is 7.82 Å². The zero-order chi connectivity index (χ0) is 40.0. The monoisotopic (exact) mass is 780 g/mol. The maximum Gasteiger partial charge on any atom is 0.306 e. The van der Waals surface area contributed by atoms with E-state index in [-0.39, 0.29) is 26.1 Å². The molecule has 10 heteroatoms. The number of allylic oxidation sites excluding steroid dienone is 10. The van der Waals surface area contributed by atoms with Crippen molar-refractivity contribution in [3.05, 3.63) is 60.8 Å². The molecule has 0 aromatic rings. The zero-order valence-electron chi connectivity index (χ0n) is 34.9. The second-order valence-corrected chi connectivity index (χ2v) is 16.4. The zero-order valence-corrected chi connectivity index (χ0v) is 35.8. The van der Waals surface area contributed by atoms with E-state index in [4.69, 9.17) is 18.5 Å². The second kappa shape index (κ2) is 36.4. The number of nitrogens with zero attached hydrogens (tertiary/aromatic N) is 1. The summed E-state index contributed by atoms with van der Waals surface area (Å²) in [5.41, 5.74) is 0. The molecule has 9 nitrogen and oxygen atoms in total. The van der Waals surface area contributed by atoms with Crippen molar-refractivity contribution in [2.75, 3.05) is 47.5 Å². The summed E-state index contributed by atoms with van der Waals surface area (Å²) in [5.74, 6) is -0.860. The van der Waals surface area contributed by atoms with Crippen molar-refractivity contribution < 1.29 is 42.1 Å². The summed E-state index contributed by atoms with van der Waals surface area (Å²) >= 11 is 0. The fourth-order valence-electron chi connectivity index (χ4n) is 5.27. The quantitative estimate of drug-likeness (QED) is 0.0201. The summed E-state index contributed by atoms with van der Waals surface area (Å²) in [6.07, 6.45) is 43.0. The number of phosphoric ester groups is 1. The summed E-state index contributed by atoms with van der Waals surface area (Å²) in [4.78, 5) is 37.1. The first kappa shape index (κ1) is 51.7. The first-order valence-corrected chi connectivity index (χ1v) is 22.5. The van der Waals surface area contributed by atoms with Gasteiger partial charge in [0.1, 0.15) is 19.8 Å². The fourth-order valence-corrected chi connectivity index (χ4v) is 6.00. The Balaban J connectivity index is 4.14. The SMILES string of the molecule is CC/C=C\C/C=C\C/C=C\C/C=C\C/C=C\CCCCCCCCCCCC(=O)OC(COC(=O)CCCCCCC)COP(=O)([O-])OCC[N+](C)(C)C. The first-order valence-electron chi connectivity index (χ1n) is 21.0. The van der Waals surface area contributed by atoms with Gasteiger partial charge in [0.25, 0.3) is 7.82 Å². The summed E-state index contributed by atoms with van der Waals surface area (Å²) in [6, 6.07) is 0. The molecule has 0 rings (SSSR count). The summed E-state index contributed by atoms with van der Waals surface area (Å²) in [5, 5.41) is 0. The molecule has 2 atom stereocenters. The van der Waals surface area contributed by atoms with Gasteiger partial charge in [-0.25, -0.2) is 0 Å². The number of likely N-dealkylation sites (N-methyl/N-ethyl adjacent to an activating group) is 1. The van der Waals surface area contributed by atoms with E-state index in [0.717, 1.165) is 89.9 Å². The van der Waals surface area contributed by atoms with Gasteiger partial charge in [-0.1, -0.05) is 145 Å². The standard InChI is InChI=1S/C44H78NO8P/c1-6-8-10-12-13-14-15-16-17-18-19-20-21-22-23-24-25-26-27-28-29-30-31-33-35-37-44(47)53-42(40-50-43(46)36-34-32-11-9-7-2)41-52-54(48,49)51-39-38-45(3,4)5/h8,10,13-14,16-17,19-20,22-23,42H,6-7,9,11-12,15,18,21,24-41H2,1-5H3/b10-8-,14-13-,17-16-,20-19-,23-22-. The highest BCUT2D eigenvalue weighted by atomic mass is 31.2. The molecule has 0 spiro atoms. The normalized spacial score (nSPS) is 14.3. The van der Waals surface area contributed by atoms with Gasteiger partial charge in [-0.2, -0.15) is 0 Å². The minimum atomic E-state index is -4.61. The minimum Gasteiger partial charge on any atom is -0.756 e. The molecule has 0 saturated heterocycles. The smallest absolute Gasteiger partial charge is 0.306 e. The van der Waals surface area contributed by atoms with Crippen LogP contribution in [0.2, 0.25) is 0 Å². The van der Waals surface area contributed by atoms with E-state index < -0.39 is 32.5 Å². The number of carbonyl (C=O) groups is 2. The number of hydrogen-bond acceptors (Lipinski definition) is 8. The van der Waals surface area contributed by atoms with Crippen molar-refractivity contribution in [1.82, 2.24) is 0 Å². The molecule has 0 aliphatic carbocycles. The number of esters is 2. The average molecular weight is 780 g/mol. The van der Waals surface area contributed by atoms with Crippen LogP contribution in [0, 0.1) is 0 Å². The lowest BCUT2D eigenvalue weighted by Crippen LogP contribution is -2.37. The molecule has 0 aliphatic rings. The molecule has 0 N–H and O–H groups in total. The van der Waals surface area contributed by atoms with Crippen molar-refractivity contribution in [1.29, 1.82) is 0 Å². The maximum atomic E-state index is 12.6. The second-order valence-electron chi connectivity index (χ2n) is 15.0. The van der Waals surface area contributed by atoms with E-state index in [0.29, 0.717) is 17.4 Å². The molecule has 0 radical (unpaired) electrons. The van der Waals surface area contributed by atoms with E-state index in [1.165, 1.54) is 32.1 Å². The number of ether oxygens (including phenoxy) is 2. The van der Waals surface area contributed by atoms with Crippen LogP contribution in [-0.2, 0) is 32.7 Å². The van der Waals surface area contributed by atoms with Gasteiger partial charge in [-0.15, -0.1) is 0 Å². The van der Waals surface area contributed by atoms with E-state index in [2.05, 4.69) is 74.6 Å². The third-order valence-electron chi connectivity index (χ3n) is 8.55. The molecule has 0 amide bonds. The van der Waals surface area contributed by atoms with Crippen molar-refractivity contribution >= 4 is 19.8 Å². The van der Waals surface area contributed by atoms with Crippen LogP contribution in [0.15, 0.2) is 60.8 Å². The number of carbonyl (C=O) groups excluding carboxylic acids is 2. The topological polar surface area (TPSA) is 111 Å². The summed E-state index contributed by atoms with van der Waals surface area (Å²) in [6.45, 7) is 3.99. The van der Waals surface area contributed by atoms with E-state index in [1.807, 2.05) is 21.1 Å². The predicted molar refractivity (Wildman–Crippen MR) is 222 cm³/mol. The average Bonchev–Trinajstić information content (AvgIpc) is 3.12. The molecule has 0 bridgehead atoms. The van der Waals surface area contributed by atoms with E-state index >= 15 is 0 Å². The molecule has 2 unspecified atom stereocenters. The molecular weight excluding hydrogens is 701 g/mol. The number of unbranched alkanes of at least 4 members (excludes halogenated alkanes) is 13. The van der Waals surface area contributed by atoms with Crippen LogP contribution in [0.5, 0.6) is 0 Å². The van der Waals surface area contributed by atoms with Crippen molar-refractivity contribution in [3.63, 3.8) is 0 Å². The molecule has 0 aliphatic heterocycles. The third kappa shape index (κ3) is 39.4. The summed E-state index contributed by atoms with van der Waals surface area (Å²) in [7, 11) is 1.15.